The summed E-state index contributed by atoms with van der Waals surface area (Å²) < 4.78 is 5.30. The van der Waals surface area contributed by atoms with Crippen LogP contribution >= 0.6 is 0 Å². The molecule has 0 unspecified atom stereocenters. The van der Waals surface area contributed by atoms with Gasteiger partial charge in [0.1, 0.15) is 12.6 Å². The number of benzene rings is 2. The quantitative estimate of drug-likeness (QED) is 0.653. The molecule has 1 aliphatic heterocycles. The van der Waals surface area contributed by atoms with Crippen molar-refractivity contribution in [3.05, 3.63) is 83.4 Å². The van der Waals surface area contributed by atoms with E-state index < -0.39 is 18.2 Å². The number of hydrogen-bond donors (Lipinski definition) is 3. The molecule has 0 radical (unpaired) electrons. The first-order valence-corrected chi connectivity index (χ1v) is 11.3. The lowest BCUT2D eigenvalue weighted by Gasteiger charge is -2.22. The number of carbonyl (C=O) groups is 3. The molecular formula is C26H31N3O4. The molecule has 0 saturated carbocycles. The van der Waals surface area contributed by atoms with Gasteiger partial charge >= 0.3 is 6.09 Å². The molecule has 0 aromatic heterocycles. The van der Waals surface area contributed by atoms with Crippen molar-refractivity contribution in [2.75, 3.05) is 6.54 Å². The summed E-state index contributed by atoms with van der Waals surface area (Å²) in [4.78, 5) is 37.5. The minimum atomic E-state index is -0.725. The molecule has 174 valence electrons. The first-order valence-electron chi connectivity index (χ1n) is 11.3. The summed E-state index contributed by atoms with van der Waals surface area (Å²) in [5.41, 5.74) is 3.05. The van der Waals surface area contributed by atoms with Crippen LogP contribution in [0.25, 0.3) is 0 Å². The van der Waals surface area contributed by atoms with Crippen LogP contribution in [0.15, 0.2) is 66.7 Å². The molecule has 0 spiro atoms. The number of hydrogen-bond acceptors (Lipinski definition) is 4. The molecule has 0 saturated heterocycles. The number of rotatable bonds is 5. The molecule has 1 aliphatic rings. The molecular weight excluding hydrogens is 418 g/mol. The van der Waals surface area contributed by atoms with E-state index in [2.05, 4.69) is 16.0 Å². The van der Waals surface area contributed by atoms with E-state index in [1.165, 1.54) is 6.08 Å². The monoisotopic (exact) mass is 449 g/mol. The van der Waals surface area contributed by atoms with Gasteiger partial charge in [-0.05, 0) is 43.7 Å². The van der Waals surface area contributed by atoms with E-state index in [0.29, 0.717) is 32.2 Å². The molecule has 0 fully saturated rings. The van der Waals surface area contributed by atoms with Crippen LogP contribution in [0.5, 0.6) is 0 Å². The van der Waals surface area contributed by atoms with Crippen LogP contribution in [-0.4, -0.2) is 36.5 Å². The minimum Gasteiger partial charge on any atom is -0.445 e. The third-order valence-corrected chi connectivity index (χ3v) is 5.42. The van der Waals surface area contributed by atoms with Crippen molar-refractivity contribution in [2.24, 2.45) is 0 Å². The number of ether oxygens (including phenoxy) is 1. The van der Waals surface area contributed by atoms with Crippen molar-refractivity contribution in [2.45, 2.75) is 51.3 Å². The normalized spacial score (nSPS) is 20.4. The summed E-state index contributed by atoms with van der Waals surface area (Å²) in [6, 6.07) is 16.3. The van der Waals surface area contributed by atoms with E-state index in [-0.39, 0.29) is 18.4 Å². The predicted molar refractivity (Wildman–Crippen MR) is 126 cm³/mol. The molecule has 7 heteroatoms. The SMILES string of the molecule is Cc1ccc(C[C@H]2/C=C/C(=O)NCCCC[C@H](NC(=O)OCc3ccccc3)C(=O)N2)cc1. The van der Waals surface area contributed by atoms with E-state index in [1.807, 2.05) is 61.5 Å². The molecule has 1 heterocycles. The number of amides is 3. The zero-order valence-electron chi connectivity index (χ0n) is 18.9. The maximum atomic E-state index is 13.1. The highest BCUT2D eigenvalue weighted by Gasteiger charge is 2.23. The molecule has 3 N–H and O–H groups in total. The predicted octanol–water partition coefficient (Wildman–Crippen LogP) is 3.17. The molecule has 33 heavy (non-hydrogen) atoms. The molecule has 0 aliphatic carbocycles. The van der Waals surface area contributed by atoms with E-state index in [9.17, 15) is 14.4 Å². The van der Waals surface area contributed by atoms with E-state index in [1.54, 1.807) is 6.08 Å². The summed E-state index contributed by atoms with van der Waals surface area (Å²) in [5, 5.41) is 8.53. The largest absolute Gasteiger partial charge is 0.445 e. The van der Waals surface area contributed by atoms with Gasteiger partial charge < -0.3 is 20.7 Å². The maximum Gasteiger partial charge on any atom is 0.408 e. The van der Waals surface area contributed by atoms with E-state index in [4.69, 9.17) is 4.74 Å². The van der Waals surface area contributed by atoms with Gasteiger partial charge in [-0.1, -0.05) is 66.2 Å². The van der Waals surface area contributed by atoms with Gasteiger partial charge in [0.25, 0.3) is 0 Å². The molecule has 2 aromatic rings. The van der Waals surface area contributed by atoms with Gasteiger partial charge in [0.05, 0.1) is 6.04 Å². The molecule has 2 atom stereocenters. The zero-order chi connectivity index (χ0) is 23.5. The smallest absolute Gasteiger partial charge is 0.408 e. The van der Waals surface area contributed by atoms with Crippen LogP contribution < -0.4 is 16.0 Å². The van der Waals surface area contributed by atoms with Crippen LogP contribution in [0.2, 0.25) is 0 Å². The van der Waals surface area contributed by atoms with Crippen LogP contribution in [-0.2, 0) is 27.4 Å². The van der Waals surface area contributed by atoms with E-state index >= 15 is 0 Å². The molecule has 7 nitrogen and oxygen atoms in total. The lowest BCUT2D eigenvalue weighted by Crippen LogP contribution is -2.50. The van der Waals surface area contributed by atoms with Gasteiger partial charge in [-0.2, -0.15) is 0 Å². The highest BCUT2D eigenvalue weighted by atomic mass is 16.5. The average Bonchev–Trinajstić information content (AvgIpc) is 2.81. The van der Waals surface area contributed by atoms with Crippen molar-refractivity contribution in [3.8, 4) is 0 Å². The lowest BCUT2D eigenvalue weighted by atomic mass is 10.0. The summed E-state index contributed by atoms with van der Waals surface area (Å²) >= 11 is 0. The second-order valence-electron chi connectivity index (χ2n) is 8.21. The Kier molecular flexibility index (Phi) is 9.06. The lowest BCUT2D eigenvalue weighted by molar-refractivity contribution is -0.124. The number of nitrogens with one attached hydrogen (secondary N) is 3. The number of aryl methyl sites for hydroxylation is 1. The standard InChI is InChI=1S/C26H31N3O4/c1-19-10-12-20(13-11-19)17-22-14-15-24(30)27-16-6-5-9-23(25(31)28-22)29-26(32)33-18-21-7-3-2-4-8-21/h2-4,7-8,10-15,22-23H,5-6,9,16-18H2,1H3,(H,27,30)(H,28,31)(H,29,32)/b15-14+/t22-,23+/m1/s1. The minimum absolute atomic E-state index is 0.131. The van der Waals surface area contributed by atoms with Gasteiger partial charge in [-0.3, -0.25) is 9.59 Å². The summed E-state index contributed by atoms with van der Waals surface area (Å²) in [6.45, 7) is 2.66. The van der Waals surface area contributed by atoms with E-state index in [0.717, 1.165) is 16.7 Å². The first-order chi connectivity index (χ1) is 16.0. The van der Waals surface area contributed by atoms with Crippen LogP contribution in [0.4, 0.5) is 4.79 Å². The maximum absolute atomic E-state index is 13.1. The fourth-order valence-electron chi connectivity index (χ4n) is 3.55. The Labute approximate surface area is 194 Å². The molecule has 3 amide bonds. The van der Waals surface area contributed by atoms with Crippen molar-refractivity contribution in [1.29, 1.82) is 0 Å². The Bertz CT molecular complexity index is 957. The van der Waals surface area contributed by atoms with Crippen LogP contribution in [0, 0.1) is 6.92 Å². The van der Waals surface area contributed by atoms with Crippen molar-refractivity contribution in [1.82, 2.24) is 16.0 Å². The third kappa shape index (κ3) is 8.44. The number of alkyl carbamates (subject to hydrolysis) is 1. The summed E-state index contributed by atoms with van der Waals surface area (Å²) in [6.07, 6.45) is 4.87. The molecule has 0 bridgehead atoms. The highest BCUT2D eigenvalue weighted by molar-refractivity contribution is 5.88. The third-order valence-electron chi connectivity index (χ3n) is 5.42. The Morgan fingerprint density at radius 1 is 1.03 bits per heavy atom. The summed E-state index contributed by atoms with van der Waals surface area (Å²) in [5.74, 6) is -0.479. The average molecular weight is 450 g/mol. The fraction of sp³-hybridized carbons (Fsp3) is 0.346. The summed E-state index contributed by atoms with van der Waals surface area (Å²) in [7, 11) is 0. The van der Waals surface area contributed by atoms with Crippen molar-refractivity contribution in [3.63, 3.8) is 0 Å². The van der Waals surface area contributed by atoms with Gasteiger partial charge in [0.15, 0.2) is 0 Å². The second kappa shape index (κ2) is 12.4. The molecule has 2 aromatic carbocycles. The first kappa shape index (κ1) is 24.0. The van der Waals surface area contributed by atoms with Gasteiger partial charge in [0.2, 0.25) is 11.8 Å². The Morgan fingerprint density at radius 3 is 2.55 bits per heavy atom. The topological polar surface area (TPSA) is 96.5 Å². The highest BCUT2D eigenvalue weighted by Crippen LogP contribution is 2.10. The van der Waals surface area contributed by atoms with Crippen molar-refractivity contribution >= 4 is 17.9 Å². The molecule has 3 rings (SSSR count). The van der Waals surface area contributed by atoms with Crippen LogP contribution in [0.3, 0.4) is 0 Å². The Morgan fingerprint density at radius 2 is 1.79 bits per heavy atom. The van der Waals surface area contributed by atoms with Crippen LogP contribution in [0.1, 0.15) is 36.0 Å². The van der Waals surface area contributed by atoms with Crippen molar-refractivity contribution < 1.29 is 19.1 Å². The second-order valence-corrected chi connectivity index (χ2v) is 8.21. The Hall–Kier alpha value is -3.61. The van der Waals surface area contributed by atoms with Gasteiger partial charge in [0, 0.05) is 12.6 Å². The van der Waals surface area contributed by atoms with Gasteiger partial charge in [-0.15, -0.1) is 0 Å². The van der Waals surface area contributed by atoms with Gasteiger partial charge in [-0.25, -0.2) is 4.79 Å². The Balaban J connectivity index is 1.66. The fourth-order valence-corrected chi connectivity index (χ4v) is 3.55. The zero-order valence-corrected chi connectivity index (χ0v) is 18.9. The number of carbonyl (C=O) groups excluding carboxylic acids is 3.